The lowest BCUT2D eigenvalue weighted by molar-refractivity contribution is -0.390. The fourth-order valence-electron chi connectivity index (χ4n) is 0.852. The second kappa shape index (κ2) is 2.69. The number of imidazole rings is 1. The topological polar surface area (TPSA) is 71.8 Å². The summed E-state index contributed by atoms with van der Waals surface area (Å²) in [6.45, 7) is 5.20. The highest BCUT2D eigenvalue weighted by Gasteiger charge is 2.15. The number of aromatic nitrogens is 2. The fourth-order valence-corrected chi connectivity index (χ4v) is 0.852. The van der Waals surface area contributed by atoms with Crippen LogP contribution in [-0.2, 0) is 6.42 Å². The highest BCUT2D eigenvalue weighted by Crippen LogP contribution is 2.14. The van der Waals surface area contributed by atoms with Crippen molar-refractivity contribution in [2.75, 3.05) is 0 Å². The van der Waals surface area contributed by atoms with Crippen molar-refractivity contribution in [2.45, 2.75) is 13.3 Å². The van der Waals surface area contributed by atoms with Crippen molar-refractivity contribution in [1.29, 1.82) is 0 Å². The van der Waals surface area contributed by atoms with Crippen LogP contribution in [0, 0.1) is 24.0 Å². The summed E-state index contributed by atoms with van der Waals surface area (Å²) >= 11 is 0. The van der Waals surface area contributed by atoms with Gasteiger partial charge in [0.25, 0.3) is 0 Å². The van der Waals surface area contributed by atoms with Crippen molar-refractivity contribution in [2.24, 2.45) is 0 Å². The van der Waals surface area contributed by atoms with Crippen molar-refractivity contribution < 1.29 is 4.92 Å². The van der Waals surface area contributed by atoms with Gasteiger partial charge in [0.2, 0.25) is 0 Å². The number of aromatic amines is 1. The fraction of sp³-hybridized carbons (Fsp3) is 0.333. The molecule has 59 valence electrons. The van der Waals surface area contributed by atoms with Crippen molar-refractivity contribution >= 4 is 5.82 Å². The molecule has 11 heavy (non-hydrogen) atoms. The van der Waals surface area contributed by atoms with Gasteiger partial charge in [0.15, 0.2) is 5.82 Å². The van der Waals surface area contributed by atoms with Gasteiger partial charge in [0, 0.05) is 6.92 Å². The molecule has 1 aromatic rings. The van der Waals surface area contributed by atoms with Crippen LogP contribution in [0.15, 0.2) is 0 Å². The molecule has 0 saturated heterocycles. The third-order valence-corrected chi connectivity index (χ3v) is 1.29. The van der Waals surface area contributed by atoms with Gasteiger partial charge in [-0.05, 0) is 18.3 Å². The van der Waals surface area contributed by atoms with Gasteiger partial charge in [0.1, 0.15) is 5.69 Å². The van der Waals surface area contributed by atoms with E-state index >= 15 is 0 Å². The Bertz CT molecular complexity index is 279. The van der Waals surface area contributed by atoms with Gasteiger partial charge in [-0.15, -0.1) is 0 Å². The number of rotatable bonds is 2. The molecule has 1 heterocycles. The van der Waals surface area contributed by atoms with Crippen molar-refractivity contribution in [1.82, 2.24) is 9.97 Å². The predicted molar refractivity (Wildman–Crippen MR) is 39.0 cm³/mol. The molecule has 0 aliphatic carbocycles. The molecular formula is C6H8N3O2. The van der Waals surface area contributed by atoms with E-state index in [4.69, 9.17) is 0 Å². The minimum Gasteiger partial charge on any atom is -0.358 e. The van der Waals surface area contributed by atoms with Crippen LogP contribution in [-0.4, -0.2) is 14.9 Å². The van der Waals surface area contributed by atoms with Gasteiger partial charge in [0.05, 0.1) is 0 Å². The molecule has 0 aromatic carbocycles. The summed E-state index contributed by atoms with van der Waals surface area (Å²) in [5.41, 5.74) is 0.410. The minimum absolute atomic E-state index is 0.0440. The van der Waals surface area contributed by atoms with Gasteiger partial charge in [-0.3, -0.25) is 0 Å². The van der Waals surface area contributed by atoms with Gasteiger partial charge < -0.3 is 10.1 Å². The summed E-state index contributed by atoms with van der Waals surface area (Å²) in [7, 11) is 0. The van der Waals surface area contributed by atoms with Gasteiger partial charge >= 0.3 is 5.82 Å². The molecule has 5 nitrogen and oxygen atoms in total. The zero-order valence-electron chi connectivity index (χ0n) is 6.13. The van der Waals surface area contributed by atoms with Gasteiger partial charge in [-0.2, -0.15) is 0 Å². The van der Waals surface area contributed by atoms with Crippen LogP contribution >= 0.6 is 0 Å². The molecule has 1 N–H and O–H groups in total. The molecule has 0 unspecified atom stereocenters. The molecule has 0 fully saturated rings. The summed E-state index contributed by atoms with van der Waals surface area (Å²) < 4.78 is 0. The third-order valence-electron chi connectivity index (χ3n) is 1.29. The SMILES string of the molecule is [CH2]Cc1nc(C)[nH]c1[N+](=O)[O-]. The van der Waals surface area contributed by atoms with E-state index in [-0.39, 0.29) is 5.82 Å². The van der Waals surface area contributed by atoms with Crippen LogP contribution in [0.2, 0.25) is 0 Å². The summed E-state index contributed by atoms with van der Waals surface area (Å²) in [4.78, 5) is 16.3. The second-order valence-corrected chi connectivity index (χ2v) is 2.12. The van der Waals surface area contributed by atoms with Crippen LogP contribution < -0.4 is 0 Å². The lowest BCUT2D eigenvalue weighted by Gasteiger charge is -1.90. The van der Waals surface area contributed by atoms with Crippen molar-refractivity contribution in [3.8, 4) is 0 Å². The van der Waals surface area contributed by atoms with Crippen LogP contribution in [0.4, 0.5) is 5.82 Å². The molecule has 1 rings (SSSR count). The molecule has 0 bridgehead atoms. The molecule has 0 spiro atoms. The van der Waals surface area contributed by atoms with E-state index < -0.39 is 4.92 Å². The highest BCUT2D eigenvalue weighted by atomic mass is 16.6. The van der Waals surface area contributed by atoms with E-state index in [9.17, 15) is 10.1 Å². The molecule has 0 aliphatic heterocycles. The number of nitrogens with zero attached hydrogens (tertiary/aromatic N) is 2. The maximum Gasteiger partial charge on any atom is 0.343 e. The standard InChI is InChI=1S/C6H8N3O2/c1-3-5-6(9(10)11)8-4(2)7-5/h1,3H2,2H3,(H,7,8). The first kappa shape index (κ1) is 7.71. The number of nitrogens with one attached hydrogen (secondary N) is 1. The second-order valence-electron chi connectivity index (χ2n) is 2.12. The first-order valence-electron chi connectivity index (χ1n) is 3.14. The number of hydrogen-bond acceptors (Lipinski definition) is 3. The zero-order valence-corrected chi connectivity index (χ0v) is 6.13. The van der Waals surface area contributed by atoms with E-state index in [0.717, 1.165) is 0 Å². The Morgan fingerprint density at radius 1 is 1.82 bits per heavy atom. The molecule has 1 aromatic heterocycles. The normalized spacial score (nSPS) is 10.0. The lowest BCUT2D eigenvalue weighted by atomic mass is 10.3. The number of H-pyrrole nitrogens is 1. The largest absolute Gasteiger partial charge is 0.358 e. The average molecular weight is 154 g/mol. The minimum atomic E-state index is -0.486. The highest BCUT2D eigenvalue weighted by molar-refractivity contribution is 5.28. The zero-order chi connectivity index (χ0) is 8.43. The average Bonchev–Trinajstić information content (AvgIpc) is 2.30. The molecule has 1 radical (unpaired) electrons. The number of hydrogen-bond donors (Lipinski definition) is 1. The predicted octanol–water partition coefficient (Wildman–Crippen LogP) is 1.00. The Labute approximate surface area is 63.6 Å². The molecular weight excluding hydrogens is 146 g/mol. The van der Waals surface area contributed by atoms with Crippen LogP contribution in [0.1, 0.15) is 11.5 Å². The van der Waals surface area contributed by atoms with Crippen LogP contribution in [0.25, 0.3) is 0 Å². The van der Waals surface area contributed by atoms with Crippen molar-refractivity contribution in [3.63, 3.8) is 0 Å². The van der Waals surface area contributed by atoms with Gasteiger partial charge in [-0.1, -0.05) is 0 Å². The Balaban J connectivity index is 3.12. The van der Waals surface area contributed by atoms with E-state index in [1.807, 2.05) is 0 Å². The molecule has 0 amide bonds. The Morgan fingerprint density at radius 3 is 2.82 bits per heavy atom. The molecule has 5 heteroatoms. The number of aryl methyl sites for hydroxylation is 1. The molecule has 0 saturated carbocycles. The maximum absolute atomic E-state index is 10.3. The Morgan fingerprint density at radius 2 is 2.45 bits per heavy atom. The summed E-state index contributed by atoms with van der Waals surface area (Å²) in [6, 6.07) is 0. The molecule has 0 aliphatic rings. The Hall–Kier alpha value is -1.39. The van der Waals surface area contributed by atoms with Crippen LogP contribution in [0.5, 0.6) is 0 Å². The van der Waals surface area contributed by atoms with E-state index in [1.165, 1.54) is 0 Å². The third kappa shape index (κ3) is 1.36. The van der Waals surface area contributed by atoms with E-state index in [1.54, 1.807) is 6.92 Å². The monoisotopic (exact) mass is 154 g/mol. The maximum atomic E-state index is 10.3. The smallest absolute Gasteiger partial charge is 0.343 e. The quantitative estimate of drug-likeness (QED) is 0.510. The van der Waals surface area contributed by atoms with Crippen molar-refractivity contribution in [3.05, 3.63) is 28.6 Å². The Kier molecular flexibility index (Phi) is 1.89. The summed E-state index contributed by atoms with van der Waals surface area (Å²) in [5.74, 6) is 0.507. The van der Waals surface area contributed by atoms with E-state index in [2.05, 4.69) is 16.9 Å². The van der Waals surface area contributed by atoms with E-state index in [0.29, 0.717) is 17.9 Å². The van der Waals surface area contributed by atoms with Gasteiger partial charge in [-0.25, -0.2) is 9.97 Å². The first-order valence-corrected chi connectivity index (χ1v) is 3.14. The summed E-state index contributed by atoms with van der Waals surface area (Å²) in [5, 5.41) is 10.3. The first-order chi connectivity index (χ1) is 5.15. The molecule has 0 atom stereocenters. The summed E-state index contributed by atoms with van der Waals surface area (Å²) in [6.07, 6.45) is 0.334. The number of nitro groups is 1. The van der Waals surface area contributed by atoms with Crippen LogP contribution in [0.3, 0.4) is 0 Å². The lowest BCUT2D eigenvalue weighted by Crippen LogP contribution is -1.92.